The van der Waals surface area contributed by atoms with Crippen molar-refractivity contribution in [3.63, 3.8) is 0 Å². The Bertz CT molecular complexity index is 429. The van der Waals surface area contributed by atoms with Crippen LogP contribution in [0.3, 0.4) is 0 Å². The lowest BCUT2D eigenvalue weighted by Crippen LogP contribution is -2.34. The van der Waals surface area contributed by atoms with Crippen LogP contribution in [0.25, 0.3) is 0 Å². The highest BCUT2D eigenvalue weighted by Crippen LogP contribution is 2.27. The lowest BCUT2D eigenvalue weighted by Gasteiger charge is -2.28. The van der Waals surface area contributed by atoms with Crippen molar-refractivity contribution < 1.29 is 5.21 Å². The summed E-state index contributed by atoms with van der Waals surface area (Å²) < 4.78 is 0. The summed E-state index contributed by atoms with van der Waals surface area (Å²) in [7, 11) is 0. The first kappa shape index (κ1) is 12.6. The minimum atomic E-state index is -0.0177. The molecule has 1 aromatic heterocycles. The molecule has 6 nitrogen and oxygen atoms in total. The average Bonchev–Trinajstić information content (AvgIpc) is 2.87. The molecule has 0 spiro atoms. The van der Waals surface area contributed by atoms with E-state index in [1.165, 1.54) is 12.8 Å². The molecule has 1 aromatic rings. The van der Waals surface area contributed by atoms with Crippen molar-refractivity contribution in [1.82, 2.24) is 9.97 Å². The maximum atomic E-state index is 8.57. The van der Waals surface area contributed by atoms with Gasteiger partial charge in [0.15, 0.2) is 5.84 Å². The van der Waals surface area contributed by atoms with Crippen LogP contribution in [-0.4, -0.2) is 33.6 Å². The van der Waals surface area contributed by atoms with E-state index in [9.17, 15) is 0 Å². The van der Waals surface area contributed by atoms with E-state index in [0.717, 1.165) is 12.4 Å². The van der Waals surface area contributed by atoms with Gasteiger partial charge in [-0.15, -0.1) is 0 Å². The van der Waals surface area contributed by atoms with Crippen LogP contribution >= 0.6 is 0 Å². The minimum Gasteiger partial charge on any atom is -0.409 e. The molecule has 6 heteroatoms. The van der Waals surface area contributed by atoms with Gasteiger partial charge < -0.3 is 15.8 Å². The van der Waals surface area contributed by atoms with Gasteiger partial charge >= 0.3 is 0 Å². The van der Waals surface area contributed by atoms with Crippen molar-refractivity contribution in [2.24, 2.45) is 16.8 Å². The highest BCUT2D eigenvalue weighted by atomic mass is 16.4. The molecular weight excluding hydrogens is 230 g/mol. The summed E-state index contributed by atoms with van der Waals surface area (Å²) in [4.78, 5) is 10.8. The zero-order valence-corrected chi connectivity index (χ0v) is 10.7. The lowest BCUT2D eigenvalue weighted by molar-refractivity contribution is 0.318. The first-order valence-corrected chi connectivity index (χ1v) is 6.20. The summed E-state index contributed by atoms with van der Waals surface area (Å²) in [5.41, 5.74) is 5.85. The molecule has 98 valence electrons. The van der Waals surface area contributed by atoms with Crippen LogP contribution in [0.2, 0.25) is 0 Å². The molecule has 0 aromatic carbocycles. The van der Waals surface area contributed by atoms with E-state index >= 15 is 0 Å². The van der Waals surface area contributed by atoms with Crippen LogP contribution in [0, 0.1) is 5.92 Å². The van der Waals surface area contributed by atoms with Crippen LogP contribution in [0.5, 0.6) is 0 Å². The topological polar surface area (TPSA) is 87.6 Å². The number of nitrogens with zero attached hydrogens (tertiary/aromatic N) is 4. The average molecular weight is 249 g/mol. The van der Waals surface area contributed by atoms with Gasteiger partial charge in [0.25, 0.3) is 0 Å². The minimum absolute atomic E-state index is 0.0177. The van der Waals surface area contributed by atoms with Crippen LogP contribution < -0.4 is 10.6 Å². The largest absolute Gasteiger partial charge is 0.409 e. The molecule has 3 N–H and O–H groups in total. The monoisotopic (exact) mass is 249 g/mol. The van der Waals surface area contributed by atoms with Gasteiger partial charge in [-0.25, -0.2) is 9.97 Å². The van der Waals surface area contributed by atoms with Crippen LogP contribution in [-0.2, 0) is 0 Å². The molecule has 2 rings (SSSR count). The third-order valence-corrected chi connectivity index (χ3v) is 3.37. The lowest BCUT2D eigenvalue weighted by atomic mass is 10.0. The van der Waals surface area contributed by atoms with Crippen molar-refractivity contribution in [2.45, 2.75) is 32.7 Å². The number of rotatable bonds is 3. The van der Waals surface area contributed by atoms with E-state index < -0.39 is 0 Å². The number of oxime groups is 1. The van der Waals surface area contributed by atoms with E-state index in [0.29, 0.717) is 17.7 Å². The fraction of sp³-hybridized carbons (Fsp3) is 0.583. The van der Waals surface area contributed by atoms with Gasteiger partial charge in [0, 0.05) is 12.6 Å². The smallest absolute Gasteiger partial charge is 0.190 e. The number of aromatic nitrogens is 2. The van der Waals surface area contributed by atoms with Crippen LogP contribution in [0.1, 0.15) is 32.4 Å². The Balaban J connectivity index is 2.19. The fourth-order valence-corrected chi connectivity index (χ4v) is 2.42. The second kappa shape index (κ2) is 5.20. The Kier molecular flexibility index (Phi) is 3.64. The van der Waals surface area contributed by atoms with Gasteiger partial charge in [-0.2, -0.15) is 0 Å². The van der Waals surface area contributed by atoms with Crippen molar-refractivity contribution in [1.29, 1.82) is 0 Å². The van der Waals surface area contributed by atoms with Crippen molar-refractivity contribution in [3.8, 4) is 0 Å². The zero-order chi connectivity index (χ0) is 13.1. The maximum Gasteiger partial charge on any atom is 0.190 e. The molecule has 0 amide bonds. The van der Waals surface area contributed by atoms with Crippen LogP contribution in [0.4, 0.5) is 5.82 Å². The Morgan fingerprint density at radius 3 is 2.83 bits per heavy atom. The van der Waals surface area contributed by atoms with Gasteiger partial charge in [-0.1, -0.05) is 19.0 Å². The SMILES string of the molecule is CC(C)C1CCCN1c1cnc(C(N)=NO)cn1. The Morgan fingerprint density at radius 1 is 1.50 bits per heavy atom. The molecule has 0 aliphatic carbocycles. The number of anilines is 1. The summed E-state index contributed by atoms with van der Waals surface area (Å²) in [6, 6.07) is 0.522. The third-order valence-electron chi connectivity index (χ3n) is 3.37. The highest BCUT2D eigenvalue weighted by Gasteiger charge is 2.28. The number of nitrogens with two attached hydrogens (primary N) is 1. The highest BCUT2D eigenvalue weighted by molar-refractivity contribution is 5.94. The van der Waals surface area contributed by atoms with Crippen molar-refractivity contribution in [3.05, 3.63) is 18.1 Å². The Hall–Kier alpha value is -1.85. The number of hydrogen-bond acceptors (Lipinski definition) is 5. The third kappa shape index (κ3) is 2.37. The first-order valence-electron chi connectivity index (χ1n) is 6.20. The Labute approximate surface area is 107 Å². The van der Waals surface area contributed by atoms with E-state index in [4.69, 9.17) is 10.9 Å². The molecule has 1 unspecified atom stereocenters. The summed E-state index contributed by atoms with van der Waals surface area (Å²) in [5.74, 6) is 1.44. The molecule has 1 atom stereocenters. The predicted octanol–water partition coefficient (Wildman–Crippen LogP) is 1.20. The standard InChI is InChI=1S/C12H19N5O/c1-8(2)10-4-3-5-17(10)11-7-14-9(6-15-11)12(13)16-18/h6-8,10,18H,3-5H2,1-2H3,(H2,13,16). The predicted molar refractivity (Wildman–Crippen MR) is 69.7 cm³/mol. The zero-order valence-electron chi connectivity index (χ0n) is 10.7. The number of hydrogen-bond donors (Lipinski definition) is 2. The van der Waals surface area contributed by atoms with E-state index in [1.54, 1.807) is 12.4 Å². The first-order chi connectivity index (χ1) is 8.63. The van der Waals surface area contributed by atoms with Crippen LogP contribution in [0.15, 0.2) is 17.5 Å². The molecule has 2 heterocycles. The molecule has 1 fully saturated rings. The quantitative estimate of drug-likeness (QED) is 0.364. The van der Waals surface area contributed by atoms with E-state index in [2.05, 4.69) is 33.9 Å². The summed E-state index contributed by atoms with van der Waals surface area (Å²) in [6.07, 6.45) is 5.61. The summed E-state index contributed by atoms with van der Waals surface area (Å²) >= 11 is 0. The second-order valence-electron chi connectivity index (χ2n) is 4.89. The van der Waals surface area contributed by atoms with Gasteiger partial charge in [-0.05, 0) is 18.8 Å². The molecule has 0 saturated carbocycles. The summed E-state index contributed by atoms with van der Waals surface area (Å²) in [6.45, 7) is 5.46. The fourth-order valence-electron chi connectivity index (χ4n) is 2.42. The van der Waals surface area contributed by atoms with Gasteiger partial charge in [-0.3, -0.25) is 0 Å². The summed E-state index contributed by atoms with van der Waals surface area (Å²) in [5, 5.41) is 11.5. The van der Waals surface area contributed by atoms with Gasteiger partial charge in [0.05, 0.1) is 12.4 Å². The number of amidine groups is 1. The maximum absolute atomic E-state index is 8.57. The molecule has 0 radical (unpaired) electrons. The van der Waals surface area contributed by atoms with Crippen molar-refractivity contribution >= 4 is 11.7 Å². The molecule has 0 bridgehead atoms. The Morgan fingerprint density at radius 2 is 2.28 bits per heavy atom. The molecule has 18 heavy (non-hydrogen) atoms. The normalized spacial score (nSPS) is 20.7. The van der Waals surface area contributed by atoms with E-state index in [1.807, 2.05) is 0 Å². The molecule has 1 aliphatic rings. The van der Waals surface area contributed by atoms with Gasteiger partial charge in [0.1, 0.15) is 11.5 Å². The molecular formula is C12H19N5O. The van der Waals surface area contributed by atoms with E-state index in [-0.39, 0.29) is 5.84 Å². The van der Waals surface area contributed by atoms with Crippen molar-refractivity contribution in [2.75, 3.05) is 11.4 Å². The molecule has 1 saturated heterocycles. The second-order valence-corrected chi connectivity index (χ2v) is 4.89. The molecule has 1 aliphatic heterocycles. The van der Waals surface area contributed by atoms with Gasteiger partial charge in [0.2, 0.25) is 0 Å².